The van der Waals surface area contributed by atoms with Crippen LogP contribution in [0, 0.1) is 0 Å². The monoisotopic (exact) mass is 443 g/mol. The van der Waals surface area contributed by atoms with Gasteiger partial charge in [-0.1, -0.05) is 60.7 Å². The molecular formula is C19H20Cl2NO5P. The largest absolute Gasteiger partial charge is 0.459 e. The third kappa shape index (κ3) is 8.79. The summed E-state index contributed by atoms with van der Waals surface area (Å²) in [5, 5.41) is 2.42. The highest BCUT2D eigenvalue weighted by atomic mass is 35.9. The van der Waals surface area contributed by atoms with Crippen molar-refractivity contribution in [1.29, 1.82) is 0 Å². The molecule has 0 saturated heterocycles. The molecule has 0 saturated carbocycles. The van der Waals surface area contributed by atoms with E-state index < -0.39 is 24.0 Å². The lowest BCUT2D eigenvalue weighted by molar-refractivity contribution is -0.147. The number of hydrogen-bond acceptors (Lipinski definition) is 5. The number of carbonyl (C=O) groups excluding carboxylic acids is 2. The second-order valence-corrected chi connectivity index (χ2v) is 11.3. The second-order valence-electron chi connectivity index (χ2n) is 5.93. The first-order valence-electron chi connectivity index (χ1n) is 8.49. The second kappa shape index (κ2) is 11.1. The van der Waals surface area contributed by atoms with E-state index in [2.05, 4.69) is 5.32 Å². The van der Waals surface area contributed by atoms with Crippen LogP contribution in [-0.4, -0.2) is 24.3 Å². The van der Waals surface area contributed by atoms with E-state index in [1.54, 1.807) is 24.3 Å². The zero-order chi connectivity index (χ0) is 20.4. The van der Waals surface area contributed by atoms with Crippen molar-refractivity contribution in [2.75, 3.05) is 6.16 Å². The average Bonchev–Trinajstić information content (AvgIpc) is 2.68. The van der Waals surface area contributed by atoms with E-state index in [0.717, 1.165) is 11.1 Å². The summed E-state index contributed by atoms with van der Waals surface area (Å²) in [4.78, 5) is 24.4. The maximum Gasteiger partial charge on any atom is 0.408 e. The highest BCUT2D eigenvalue weighted by Crippen LogP contribution is 2.57. The van der Waals surface area contributed by atoms with Gasteiger partial charge < -0.3 is 14.8 Å². The molecule has 1 N–H and O–H groups in total. The van der Waals surface area contributed by atoms with Gasteiger partial charge in [-0.15, -0.1) is 0 Å². The van der Waals surface area contributed by atoms with Crippen LogP contribution in [0.4, 0.5) is 4.79 Å². The summed E-state index contributed by atoms with van der Waals surface area (Å²) >= 11 is 11.1. The molecule has 2 aromatic carbocycles. The molecule has 1 amide bonds. The fraction of sp³-hybridized carbons (Fsp3) is 0.263. The van der Waals surface area contributed by atoms with E-state index >= 15 is 0 Å². The summed E-state index contributed by atoms with van der Waals surface area (Å²) in [5.41, 5.74) is 1.59. The molecule has 9 heteroatoms. The van der Waals surface area contributed by atoms with Crippen LogP contribution in [0.1, 0.15) is 17.5 Å². The van der Waals surface area contributed by atoms with Crippen molar-refractivity contribution >= 4 is 40.4 Å². The zero-order valence-electron chi connectivity index (χ0n) is 14.9. The Bertz CT molecular complexity index is 814. The van der Waals surface area contributed by atoms with E-state index in [0.29, 0.717) is 0 Å². The van der Waals surface area contributed by atoms with Crippen LogP contribution in [0.3, 0.4) is 0 Å². The lowest BCUT2D eigenvalue weighted by Crippen LogP contribution is -2.42. The van der Waals surface area contributed by atoms with Gasteiger partial charge in [0.1, 0.15) is 19.3 Å². The predicted molar refractivity (Wildman–Crippen MR) is 109 cm³/mol. The van der Waals surface area contributed by atoms with Crippen molar-refractivity contribution in [3.63, 3.8) is 0 Å². The lowest BCUT2D eigenvalue weighted by atomic mass is 10.2. The van der Waals surface area contributed by atoms with Gasteiger partial charge in [0.25, 0.3) is 5.85 Å². The van der Waals surface area contributed by atoms with Gasteiger partial charge >= 0.3 is 12.1 Å². The summed E-state index contributed by atoms with van der Waals surface area (Å²) in [6.07, 6.45) is -0.997. The summed E-state index contributed by atoms with van der Waals surface area (Å²) in [6, 6.07) is 17.1. The molecule has 28 heavy (non-hydrogen) atoms. The number of carbonyl (C=O) groups is 2. The minimum atomic E-state index is -3.40. The molecule has 1 atom stereocenters. The smallest absolute Gasteiger partial charge is 0.408 e. The van der Waals surface area contributed by atoms with Gasteiger partial charge in [0, 0.05) is 6.16 Å². The molecule has 0 aliphatic rings. The third-order valence-corrected chi connectivity index (χ3v) is 5.48. The number of alkyl carbamates (subject to hydrolysis) is 1. The Labute approximate surface area is 173 Å². The van der Waals surface area contributed by atoms with Crippen LogP contribution >= 0.6 is 28.3 Å². The molecule has 0 aliphatic heterocycles. The Hall–Kier alpha value is -2.01. The van der Waals surface area contributed by atoms with Gasteiger partial charge in [-0.2, -0.15) is 0 Å². The summed E-state index contributed by atoms with van der Waals surface area (Å²) in [6.45, 7) is 0.0816. The normalized spacial score (nSPS) is 12.1. The molecule has 0 unspecified atom stereocenters. The number of nitrogens with one attached hydrogen (secondary N) is 1. The van der Waals surface area contributed by atoms with Gasteiger partial charge in [0.05, 0.1) is 0 Å². The Balaban J connectivity index is 1.92. The number of benzene rings is 2. The number of rotatable bonds is 9. The fourth-order valence-electron chi connectivity index (χ4n) is 2.26. The minimum Gasteiger partial charge on any atom is -0.459 e. The maximum absolute atomic E-state index is 12.4. The Morgan fingerprint density at radius 2 is 1.39 bits per heavy atom. The molecule has 0 bridgehead atoms. The molecule has 0 aromatic heterocycles. The van der Waals surface area contributed by atoms with Gasteiger partial charge in [-0.05, 0) is 40.0 Å². The number of esters is 1. The number of halogens is 2. The van der Waals surface area contributed by atoms with Crippen LogP contribution in [0.25, 0.3) is 0 Å². The van der Waals surface area contributed by atoms with E-state index in [-0.39, 0.29) is 25.8 Å². The van der Waals surface area contributed by atoms with Crippen LogP contribution in [0.2, 0.25) is 0 Å². The van der Waals surface area contributed by atoms with Crippen LogP contribution < -0.4 is 5.32 Å². The maximum atomic E-state index is 12.4. The molecule has 0 heterocycles. The molecule has 2 rings (SSSR count). The van der Waals surface area contributed by atoms with Crippen molar-refractivity contribution in [1.82, 2.24) is 5.32 Å². The molecule has 0 radical (unpaired) electrons. The molecule has 150 valence electrons. The first kappa shape index (κ1) is 22.3. The molecule has 0 spiro atoms. The zero-order valence-corrected chi connectivity index (χ0v) is 17.3. The molecule has 2 aromatic rings. The number of amides is 1. The standard InChI is InChI=1S/C19H20Cl2NO5P/c20-28(21,25)12-11-17(18(23)26-13-15-7-3-1-4-8-15)22-19(24)27-14-16-9-5-2-6-10-16/h1-10,17H,11-14H2,(H,22,24)/t17-/m1/s1. The van der Waals surface area contributed by atoms with Crippen molar-refractivity contribution < 1.29 is 23.6 Å². The molecule has 0 fully saturated rings. The van der Waals surface area contributed by atoms with Crippen molar-refractivity contribution in [2.45, 2.75) is 25.7 Å². The van der Waals surface area contributed by atoms with Gasteiger partial charge in [0.2, 0.25) is 0 Å². The van der Waals surface area contributed by atoms with Crippen LogP contribution in [0.15, 0.2) is 60.7 Å². The lowest BCUT2D eigenvalue weighted by Gasteiger charge is -2.18. The van der Waals surface area contributed by atoms with E-state index in [1.165, 1.54) is 0 Å². The fourth-order valence-corrected chi connectivity index (χ4v) is 3.41. The highest BCUT2D eigenvalue weighted by Gasteiger charge is 2.26. The summed E-state index contributed by atoms with van der Waals surface area (Å²) in [5.74, 6) is -4.09. The van der Waals surface area contributed by atoms with Crippen molar-refractivity contribution in [2.24, 2.45) is 0 Å². The Morgan fingerprint density at radius 1 is 0.893 bits per heavy atom. The van der Waals surface area contributed by atoms with Crippen LogP contribution in [-0.2, 0) is 32.0 Å². The Kier molecular flexibility index (Phi) is 8.84. The quantitative estimate of drug-likeness (QED) is 0.431. The third-order valence-electron chi connectivity index (χ3n) is 3.69. The minimum absolute atomic E-state index is 0.0380. The first-order valence-corrected chi connectivity index (χ1v) is 12.2. The average molecular weight is 444 g/mol. The topological polar surface area (TPSA) is 81.7 Å². The molecule has 0 aliphatic carbocycles. The van der Waals surface area contributed by atoms with Crippen molar-refractivity contribution in [3.8, 4) is 0 Å². The van der Waals surface area contributed by atoms with E-state index in [4.69, 9.17) is 32.0 Å². The summed E-state index contributed by atoms with van der Waals surface area (Å²) in [7, 11) is 0. The van der Waals surface area contributed by atoms with E-state index in [1.807, 2.05) is 36.4 Å². The van der Waals surface area contributed by atoms with Gasteiger partial charge in [0.15, 0.2) is 0 Å². The van der Waals surface area contributed by atoms with Crippen molar-refractivity contribution in [3.05, 3.63) is 71.8 Å². The molecular weight excluding hydrogens is 424 g/mol. The highest BCUT2D eigenvalue weighted by molar-refractivity contribution is 8.08. The molecule has 6 nitrogen and oxygen atoms in total. The van der Waals surface area contributed by atoms with Gasteiger partial charge in [-0.3, -0.25) is 4.57 Å². The van der Waals surface area contributed by atoms with Gasteiger partial charge in [-0.25, -0.2) is 9.59 Å². The first-order chi connectivity index (χ1) is 13.3. The predicted octanol–water partition coefficient (Wildman–Crippen LogP) is 5.09. The SMILES string of the molecule is O=C(N[C@H](CCP(=O)(Cl)Cl)C(=O)OCc1ccccc1)OCc1ccccc1. The Morgan fingerprint density at radius 3 is 1.89 bits per heavy atom. The number of hydrogen-bond donors (Lipinski definition) is 1. The summed E-state index contributed by atoms with van der Waals surface area (Å²) < 4.78 is 21.9. The van der Waals surface area contributed by atoms with Crippen LogP contribution in [0.5, 0.6) is 0 Å². The van der Waals surface area contributed by atoms with E-state index in [9.17, 15) is 14.2 Å². The number of ether oxygens (including phenoxy) is 2.